The average Bonchev–Trinajstić information content (AvgIpc) is 2.22. The van der Waals surface area contributed by atoms with Crippen LogP contribution >= 0.6 is 11.6 Å². The Morgan fingerprint density at radius 2 is 2.20 bits per heavy atom. The third-order valence-electron chi connectivity index (χ3n) is 1.83. The Morgan fingerprint density at radius 3 is 2.67 bits per heavy atom. The summed E-state index contributed by atoms with van der Waals surface area (Å²) in [6, 6.07) is 2.95. The van der Waals surface area contributed by atoms with E-state index in [4.69, 9.17) is 11.6 Å². The number of carbonyl (C=O) groups is 1. The zero-order valence-electron chi connectivity index (χ0n) is 8.20. The minimum Gasteiger partial charge on any atom is -0.465 e. The van der Waals surface area contributed by atoms with Gasteiger partial charge in [0.2, 0.25) is 6.08 Å². The van der Waals surface area contributed by atoms with E-state index in [0.717, 1.165) is 0 Å². The Bertz CT molecular complexity index is 427. The molecule has 5 heteroatoms. The first kappa shape index (κ1) is 11.4. The molecule has 0 aliphatic heterocycles. The molecule has 0 saturated heterocycles. The van der Waals surface area contributed by atoms with Crippen LogP contribution in [0, 0.1) is 6.92 Å². The lowest BCUT2D eigenvalue weighted by molar-refractivity contribution is 0.0600. The highest BCUT2D eigenvalue weighted by Gasteiger charge is 2.11. The molecule has 0 amide bonds. The van der Waals surface area contributed by atoms with E-state index in [1.165, 1.54) is 19.3 Å². The molecule has 1 rings (SSSR count). The van der Waals surface area contributed by atoms with Crippen molar-refractivity contribution in [2.45, 2.75) is 6.92 Å². The molecule has 0 radical (unpaired) electrons. The number of methoxy groups -OCH3 is 1. The van der Waals surface area contributed by atoms with Crippen LogP contribution in [0.15, 0.2) is 17.1 Å². The van der Waals surface area contributed by atoms with Crippen molar-refractivity contribution in [3.05, 3.63) is 28.3 Å². The Hall–Kier alpha value is -1.64. The van der Waals surface area contributed by atoms with Crippen LogP contribution in [0.2, 0.25) is 5.02 Å². The molecule has 4 nitrogen and oxygen atoms in total. The second kappa shape index (κ2) is 4.73. The summed E-state index contributed by atoms with van der Waals surface area (Å²) in [4.78, 5) is 24.8. The number of aryl methyl sites for hydroxylation is 1. The van der Waals surface area contributed by atoms with Crippen molar-refractivity contribution >= 4 is 29.3 Å². The molecular formula is C10H8ClNO3. The average molecular weight is 226 g/mol. The number of hydrogen-bond donors (Lipinski definition) is 0. The highest BCUT2D eigenvalue weighted by atomic mass is 35.5. The number of nitrogens with zero attached hydrogens (tertiary/aromatic N) is 1. The molecule has 0 spiro atoms. The molecule has 1 aromatic carbocycles. The maximum atomic E-state index is 11.2. The molecule has 0 aliphatic carbocycles. The second-order valence-corrected chi connectivity index (χ2v) is 3.23. The number of aliphatic imine (C=N–C) groups is 1. The Kier molecular flexibility index (Phi) is 3.61. The maximum absolute atomic E-state index is 11.2. The van der Waals surface area contributed by atoms with Crippen LogP contribution < -0.4 is 0 Å². The second-order valence-electron chi connectivity index (χ2n) is 2.82. The number of carbonyl (C=O) groups excluding carboxylic acids is 2. The molecule has 0 aromatic heterocycles. The summed E-state index contributed by atoms with van der Waals surface area (Å²) < 4.78 is 4.54. The summed E-state index contributed by atoms with van der Waals surface area (Å²) >= 11 is 5.83. The van der Waals surface area contributed by atoms with Gasteiger partial charge in [-0.1, -0.05) is 11.6 Å². The number of ether oxygens (including phenoxy) is 1. The van der Waals surface area contributed by atoms with Crippen molar-refractivity contribution in [3.63, 3.8) is 0 Å². The van der Waals surface area contributed by atoms with Crippen LogP contribution in [-0.4, -0.2) is 19.2 Å². The molecule has 0 saturated carbocycles. The molecule has 0 unspecified atom stereocenters. The van der Waals surface area contributed by atoms with E-state index in [9.17, 15) is 9.59 Å². The fraction of sp³-hybridized carbons (Fsp3) is 0.200. The molecule has 0 bridgehead atoms. The van der Waals surface area contributed by atoms with E-state index in [0.29, 0.717) is 16.8 Å². The summed E-state index contributed by atoms with van der Waals surface area (Å²) in [7, 11) is 1.28. The maximum Gasteiger partial charge on any atom is 0.337 e. The lowest BCUT2D eigenvalue weighted by atomic mass is 10.1. The van der Waals surface area contributed by atoms with E-state index in [1.54, 1.807) is 13.0 Å². The van der Waals surface area contributed by atoms with E-state index in [-0.39, 0.29) is 5.02 Å². The van der Waals surface area contributed by atoms with Gasteiger partial charge in [0.05, 0.1) is 23.4 Å². The van der Waals surface area contributed by atoms with E-state index < -0.39 is 5.97 Å². The Labute approximate surface area is 91.5 Å². The summed E-state index contributed by atoms with van der Waals surface area (Å²) in [5.74, 6) is -0.485. The fourth-order valence-corrected chi connectivity index (χ4v) is 1.47. The molecule has 0 heterocycles. The van der Waals surface area contributed by atoms with Crippen molar-refractivity contribution in [2.24, 2.45) is 4.99 Å². The van der Waals surface area contributed by atoms with Crippen molar-refractivity contribution < 1.29 is 14.3 Å². The Balaban J connectivity index is 3.31. The zero-order valence-corrected chi connectivity index (χ0v) is 8.96. The highest BCUT2D eigenvalue weighted by molar-refractivity contribution is 6.33. The predicted molar refractivity (Wildman–Crippen MR) is 55.3 cm³/mol. The molecule has 15 heavy (non-hydrogen) atoms. The van der Waals surface area contributed by atoms with Crippen LogP contribution in [0.1, 0.15) is 15.9 Å². The number of esters is 1. The standard InChI is InChI=1S/C10H8ClNO3/c1-6-3-7(10(14)15-2)4-8(11)9(6)12-5-13/h3-4H,1-2H3. The summed E-state index contributed by atoms with van der Waals surface area (Å²) in [5, 5.41) is 0.221. The third kappa shape index (κ3) is 2.43. The number of isocyanates is 1. The molecule has 78 valence electrons. The topological polar surface area (TPSA) is 55.7 Å². The molecule has 0 fully saturated rings. The minimum atomic E-state index is -0.485. The molecule has 0 N–H and O–H groups in total. The third-order valence-corrected chi connectivity index (χ3v) is 2.12. The molecule has 0 atom stereocenters. The first-order chi connectivity index (χ1) is 7.10. The van der Waals surface area contributed by atoms with Gasteiger partial charge >= 0.3 is 5.97 Å². The number of halogens is 1. The van der Waals surface area contributed by atoms with E-state index in [2.05, 4.69) is 9.73 Å². The van der Waals surface area contributed by atoms with Gasteiger partial charge in [0.25, 0.3) is 0 Å². The number of hydrogen-bond acceptors (Lipinski definition) is 4. The number of rotatable bonds is 2. The van der Waals surface area contributed by atoms with E-state index in [1.807, 2.05) is 0 Å². The normalized spacial score (nSPS) is 9.27. The van der Waals surface area contributed by atoms with Crippen LogP contribution in [0.3, 0.4) is 0 Å². The molecule has 0 aliphatic rings. The van der Waals surface area contributed by atoms with Crippen LogP contribution in [-0.2, 0) is 9.53 Å². The lowest BCUT2D eigenvalue weighted by Gasteiger charge is -2.04. The largest absolute Gasteiger partial charge is 0.465 e. The molecular weight excluding hydrogens is 218 g/mol. The van der Waals surface area contributed by atoms with Gasteiger partial charge in [0, 0.05) is 0 Å². The lowest BCUT2D eigenvalue weighted by Crippen LogP contribution is -2.01. The molecule has 1 aromatic rings. The van der Waals surface area contributed by atoms with Gasteiger partial charge in [-0.2, -0.15) is 4.99 Å². The van der Waals surface area contributed by atoms with Crippen LogP contribution in [0.4, 0.5) is 5.69 Å². The minimum absolute atomic E-state index is 0.221. The predicted octanol–water partition coefficient (Wildman–Crippen LogP) is 2.40. The highest BCUT2D eigenvalue weighted by Crippen LogP contribution is 2.29. The summed E-state index contributed by atoms with van der Waals surface area (Å²) in [5.41, 5.74) is 1.26. The van der Waals surface area contributed by atoms with Gasteiger partial charge in [-0.3, -0.25) is 0 Å². The Morgan fingerprint density at radius 1 is 1.53 bits per heavy atom. The van der Waals surface area contributed by atoms with Crippen molar-refractivity contribution in [2.75, 3.05) is 7.11 Å². The first-order valence-electron chi connectivity index (χ1n) is 4.06. The van der Waals surface area contributed by atoms with Gasteiger partial charge in [-0.25, -0.2) is 9.59 Å². The van der Waals surface area contributed by atoms with Crippen molar-refractivity contribution in [3.8, 4) is 0 Å². The SMILES string of the molecule is COC(=O)c1cc(C)c(N=C=O)c(Cl)c1. The number of benzene rings is 1. The fourth-order valence-electron chi connectivity index (χ4n) is 1.16. The van der Waals surface area contributed by atoms with E-state index >= 15 is 0 Å². The van der Waals surface area contributed by atoms with Crippen LogP contribution in [0.25, 0.3) is 0 Å². The van der Waals surface area contributed by atoms with Gasteiger partial charge in [0.1, 0.15) is 0 Å². The first-order valence-corrected chi connectivity index (χ1v) is 4.44. The van der Waals surface area contributed by atoms with Gasteiger partial charge < -0.3 is 4.74 Å². The van der Waals surface area contributed by atoms with Crippen LogP contribution in [0.5, 0.6) is 0 Å². The van der Waals surface area contributed by atoms with Gasteiger partial charge in [-0.05, 0) is 24.6 Å². The van der Waals surface area contributed by atoms with Gasteiger partial charge in [-0.15, -0.1) is 0 Å². The quantitative estimate of drug-likeness (QED) is 0.441. The van der Waals surface area contributed by atoms with Crippen molar-refractivity contribution in [1.82, 2.24) is 0 Å². The summed E-state index contributed by atoms with van der Waals surface area (Å²) in [6.45, 7) is 1.69. The van der Waals surface area contributed by atoms with Crippen molar-refractivity contribution in [1.29, 1.82) is 0 Å². The summed E-state index contributed by atoms with van der Waals surface area (Å²) in [6.07, 6.45) is 1.40. The monoisotopic (exact) mass is 225 g/mol. The zero-order chi connectivity index (χ0) is 11.4. The smallest absolute Gasteiger partial charge is 0.337 e. The van der Waals surface area contributed by atoms with Gasteiger partial charge in [0.15, 0.2) is 0 Å².